The minimum atomic E-state index is 0.0421. The van der Waals surface area contributed by atoms with Crippen molar-refractivity contribution in [3.05, 3.63) is 23.4 Å². The Kier molecular flexibility index (Phi) is 3.81. The predicted octanol–water partition coefficient (Wildman–Crippen LogP) is 1.15. The van der Waals surface area contributed by atoms with E-state index in [1.165, 1.54) is 12.8 Å². The summed E-state index contributed by atoms with van der Waals surface area (Å²) in [6.07, 6.45) is 2.60. The molecule has 0 unspecified atom stereocenters. The van der Waals surface area contributed by atoms with Gasteiger partial charge in [-0.3, -0.25) is 5.41 Å². The van der Waals surface area contributed by atoms with E-state index < -0.39 is 0 Å². The first-order chi connectivity index (χ1) is 8.56. The van der Waals surface area contributed by atoms with E-state index in [1.807, 2.05) is 6.92 Å². The summed E-state index contributed by atoms with van der Waals surface area (Å²) in [4.78, 5) is 6.59. The fourth-order valence-corrected chi connectivity index (χ4v) is 1.86. The quantitative estimate of drug-likeness (QED) is 0.585. The molecule has 0 aliphatic heterocycles. The van der Waals surface area contributed by atoms with Crippen LogP contribution in [0.2, 0.25) is 0 Å². The molecule has 1 aromatic rings. The van der Waals surface area contributed by atoms with Gasteiger partial charge in [-0.1, -0.05) is 0 Å². The van der Waals surface area contributed by atoms with Gasteiger partial charge in [-0.05, 0) is 32.9 Å². The Morgan fingerprint density at radius 3 is 2.89 bits per heavy atom. The zero-order valence-electron chi connectivity index (χ0n) is 10.9. The topological polar surface area (TPSA) is 75.2 Å². The summed E-state index contributed by atoms with van der Waals surface area (Å²) in [5.41, 5.74) is 6.94. The number of aromatic nitrogens is 1. The number of nitrogens with zero attached hydrogens (tertiary/aromatic N) is 2. The van der Waals surface area contributed by atoms with Crippen molar-refractivity contribution in [1.29, 1.82) is 5.41 Å². The Morgan fingerprint density at radius 2 is 2.28 bits per heavy atom. The van der Waals surface area contributed by atoms with Crippen LogP contribution in [0, 0.1) is 12.3 Å². The highest BCUT2D eigenvalue weighted by atomic mass is 16.5. The number of pyridine rings is 1. The molecule has 98 valence electrons. The molecule has 5 nitrogen and oxygen atoms in total. The average molecular weight is 248 g/mol. The molecule has 5 heteroatoms. The average Bonchev–Trinajstić information content (AvgIpc) is 3.11. The minimum Gasteiger partial charge on any atom is -0.476 e. The van der Waals surface area contributed by atoms with E-state index in [-0.39, 0.29) is 5.84 Å². The molecule has 0 amide bonds. The molecule has 1 heterocycles. The van der Waals surface area contributed by atoms with Crippen LogP contribution in [0.5, 0.6) is 5.88 Å². The summed E-state index contributed by atoms with van der Waals surface area (Å²) in [6, 6.07) is 4.24. The van der Waals surface area contributed by atoms with Gasteiger partial charge in [0, 0.05) is 29.9 Å². The molecule has 0 spiro atoms. The first-order valence-corrected chi connectivity index (χ1v) is 6.22. The van der Waals surface area contributed by atoms with E-state index in [0.717, 1.165) is 18.3 Å². The largest absolute Gasteiger partial charge is 0.476 e. The van der Waals surface area contributed by atoms with Crippen LogP contribution in [0.3, 0.4) is 0 Å². The van der Waals surface area contributed by atoms with Crippen LogP contribution in [-0.4, -0.2) is 42.0 Å². The van der Waals surface area contributed by atoms with Gasteiger partial charge in [0.2, 0.25) is 5.88 Å². The van der Waals surface area contributed by atoms with Gasteiger partial charge in [0.05, 0.1) is 0 Å². The molecule has 0 aromatic carbocycles. The lowest BCUT2D eigenvalue weighted by Crippen LogP contribution is -2.26. The van der Waals surface area contributed by atoms with Crippen LogP contribution in [0.1, 0.15) is 24.1 Å². The van der Waals surface area contributed by atoms with Gasteiger partial charge in [-0.25, -0.2) is 4.98 Å². The van der Waals surface area contributed by atoms with Gasteiger partial charge in [0.25, 0.3) is 0 Å². The molecule has 0 atom stereocenters. The zero-order valence-corrected chi connectivity index (χ0v) is 10.9. The molecule has 0 saturated heterocycles. The monoisotopic (exact) mass is 248 g/mol. The fourth-order valence-electron chi connectivity index (χ4n) is 1.86. The number of hydrogen-bond donors (Lipinski definition) is 2. The summed E-state index contributed by atoms with van der Waals surface area (Å²) in [7, 11) is 2.12. The first kappa shape index (κ1) is 12.8. The second-order valence-corrected chi connectivity index (χ2v) is 4.81. The Hall–Kier alpha value is -1.62. The highest BCUT2D eigenvalue weighted by molar-refractivity contribution is 5.95. The standard InChI is InChI=1S/C13H20N4O/c1-9-7-10(13(14)15)8-12(16-9)18-6-5-17(2)11-3-4-11/h7-8,11H,3-6H2,1-2H3,(H3,14,15). The fraction of sp³-hybridized carbons (Fsp3) is 0.538. The Morgan fingerprint density at radius 1 is 1.56 bits per heavy atom. The van der Waals surface area contributed by atoms with Crippen molar-refractivity contribution in [2.24, 2.45) is 5.73 Å². The molecule has 18 heavy (non-hydrogen) atoms. The molecular weight excluding hydrogens is 228 g/mol. The van der Waals surface area contributed by atoms with Crippen LogP contribution in [0.25, 0.3) is 0 Å². The van der Waals surface area contributed by atoms with E-state index in [4.69, 9.17) is 15.9 Å². The Labute approximate surface area is 107 Å². The highest BCUT2D eigenvalue weighted by Gasteiger charge is 2.25. The number of nitrogens with one attached hydrogen (secondary N) is 1. The highest BCUT2D eigenvalue weighted by Crippen LogP contribution is 2.24. The van der Waals surface area contributed by atoms with Crippen molar-refractivity contribution < 1.29 is 4.74 Å². The van der Waals surface area contributed by atoms with Gasteiger partial charge in [0.15, 0.2) is 0 Å². The molecule has 1 aliphatic carbocycles. The van der Waals surface area contributed by atoms with Crippen molar-refractivity contribution in [2.75, 3.05) is 20.2 Å². The second-order valence-electron chi connectivity index (χ2n) is 4.81. The van der Waals surface area contributed by atoms with Crippen LogP contribution >= 0.6 is 0 Å². The number of rotatable bonds is 6. The molecule has 1 fully saturated rings. The van der Waals surface area contributed by atoms with Crippen LogP contribution < -0.4 is 10.5 Å². The predicted molar refractivity (Wildman–Crippen MR) is 71.1 cm³/mol. The van der Waals surface area contributed by atoms with E-state index in [2.05, 4.69) is 16.9 Å². The second kappa shape index (κ2) is 5.35. The maximum atomic E-state index is 7.42. The van der Waals surface area contributed by atoms with Crippen molar-refractivity contribution in [3.8, 4) is 5.88 Å². The third-order valence-electron chi connectivity index (χ3n) is 3.11. The number of ether oxygens (including phenoxy) is 1. The lowest BCUT2D eigenvalue weighted by Gasteiger charge is -2.15. The summed E-state index contributed by atoms with van der Waals surface area (Å²) in [5.74, 6) is 0.588. The van der Waals surface area contributed by atoms with E-state index in [1.54, 1.807) is 12.1 Å². The van der Waals surface area contributed by atoms with E-state index in [9.17, 15) is 0 Å². The number of hydrogen-bond acceptors (Lipinski definition) is 4. The van der Waals surface area contributed by atoms with Crippen LogP contribution in [-0.2, 0) is 0 Å². The van der Waals surface area contributed by atoms with E-state index >= 15 is 0 Å². The smallest absolute Gasteiger partial charge is 0.214 e. The summed E-state index contributed by atoms with van der Waals surface area (Å²) < 4.78 is 5.62. The number of nitrogens with two attached hydrogens (primary N) is 1. The summed E-state index contributed by atoms with van der Waals surface area (Å²) in [6.45, 7) is 3.38. The normalized spacial score (nSPS) is 14.8. The summed E-state index contributed by atoms with van der Waals surface area (Å²) in [5, 5.41) is 7.42. The molecule has 3 N–H and O–H groups in total. The molecule has 1 aromatic heterocycles. The Balaban J connectivity index is 1.89. The molecular formula is C13H20N4O. The van der Waals surface area contributed by atoms with Gasteiger partial charge in [0.1, 0.15) is 12.4 Å². The van der Waals surface area contributed by atoms with Crippen LogP contribution in [0.4, 0.5) is 0 Å². The molecule has 0 radical (unpaired) electrons. The lowest BCUT2D eigenvalue weighted by atomic mass is 10.2. The van der Waals surface area contributed by atoms with Crippen molar-refractivity contribution in [3.63, 3.8) is 0 Å². The van der Waals surface area contributed by atoms with Gasteiger partial charge < -0.3 is 15.4 Å². The molecule has 1 aliphatic rings. The lowest BCUT2D eigenvalue weighted by molar-refractivity contribution is 0.226. The summed E-state index contributed by atoms with van der Waals surface area (Å²) >= 11 is 0. The van der Waals surface area contributed by atoms with Crippen LogP contribution in [0.15, 0.2) is 12.1 Å². The third kappa shape index (κ3) is 3.43. The Bertz CT molecular complexity index is 443. The maximum Gasteiger partial charge on any atom is 0.214 e. The zero-order chi connectivity index (χ0) is 13.1. The molecule has 2 rings (SSSR count). The number of amidine groups is 1. The third-order valence-corrected chi connectivity index (χ3v) is 3.11. The molecule has 0 bridgehead atoms. The first-order valence-electron chi connectivity index (χ1n) is 6.22. The van der Waals surface area contributed by atoms with Gasteiger partial charge in [-0.2, -0.15) is 0 Å². The van der Waals surface area contributed by atoms with Gasteiger partial charge >= 0.3 is 0 Å². The SMILES string of the molecule is Cc1cc(C(=N)N)cc(OCCN(C)C2CC2)n1. The van der Waals surface area contributed by atoms with Crippen molar-refractivity contribution in [1.82, 2.24) is 9.88 Å². The van der Waals surface area contributed by atoms with Crippen molar-refractivity contribution >= 4 is 5.84 Å². The number of likely N-dealkylation sites (N-methyl/N-ethyl adjacent to an activating group) is 1. The van der Waals surface area contributed by atoms with E-state index in [0.29, 0.717) is 18.1 Å². The minimum absolute atomic E-state index is 0.0421. The maximum absolute atomic E-state index is 7.42. The van der Waals surface area contributed by atoms with Crippen molar-refractivity contribution in [2.45, 2.75) is 25.8 Å². The number of nitrogen functional groups attached to an aromatic ring is 1. The number of aryl methyl sites for hydroxylation is 1. The molecule has 1 saturated carbocycles. The van der Waals surface area contributed by atoms with Gasteiger partial charge in [-0.15, -0.1) is 0 Å².